The Morgan fingerprint density at radius 2 is 2.00 bits per heavy atom. The molecule has 0 spiro atoms. The smallest absolute Gasteiger partial charge is 0.257 e. The maximum atomic E-state index is 13.0. The van der Waals surface area contributed by atoms with Gasteiger partial charge in [-0.1, -0.05) is 0 Å². The molecule has 3 heterocycles. The Balaban J connectivity index is 1.64. The second-order valence-corrected chi connectivity index (χ2v) is 7.83. The number of aliphatic hydroxyl groups excluding tert-OH is 1. The van der Waals surface area contributed by atoms with Gasteiger partial charge in [0.2, 0.25) is 0 Å². The third-order valence-electron chi connectivity index (χ3n) is 6.04. The largest absolute Gasteiger partial charge is 0.396 e. The number of likely N-dealkylation sites (tertiary alicyclic amines) is 1. The van der Waals surface area contributed by atoms with E-state index in [4.69, 9.17) is 0 Å². The zero-order valence-electron chi connectivity index (χ0n) is 16.4. The second kappa shape index (κ2) is 8.50. The minimum Gasteiger partial charge on any atom is -0.396 e. The molecule has 2 fully saturated rings. The highest BCUT2D eigenvalue weighted by Gasteiger charge is 2.37. The van der Waals surface area contributed by atoms with E-state index in [1.165, 1.54) is 6.42 Å². The monoisotopic (exact) mass is 363 g/mol. The molecule has 2 atom stereocenters. The lowest BCUT2D eigenvalue weighted by Gasteiger charge is -2.26. The van der Waals surface area contributed by atoms with Crippen LogP contribution in [0, 0.1) is 18.8 Å². The van der Waals surface area contributed by atoms with E-state index in [0.29, 0.717) is 18.0 Å². The van der Waals surface area contributed by atoms with Crippen molar-refractivity contribution in [3.8, 4) is 0 Å². The molecule has 1 amide bonds. The van der Waals surface area contributed by atoms with Gasteiger partial charge in [-0.05, 0) is 46.3 Å². The summed E-state index contributed by atoms with van der Waals surface area (Å²) >= 11 is 0. The minimum atomic E-state index is 0.0544. The predicted octanol–water partition coefficient (Wildman–Crippen LogP) is 0.529. The number of rotatable bonds is 5. The summed E-state index contributed by atoms with van der Waals surface area (Å²) in [6.45, 7) is 11.7. The minimum absolute atomic E-state index is 0.0544. The van der Waals surface area contributed by atoms with Gasteiger partial charge in [0.25, 0.3) is 5.91 Å². The van der Waals surface area contributed by atoms with Crippen molar-refractivity contribution in [3.63, 3.8) is 0 Å². The maximum absolute atomic E-state index is 13.0. The topological polar surface area (TPSA) is 64.8 Å². The van der Waals surface area contributed by atoms with Crippen LogP contribution in [-0.4, -0.2) is 95.0 Å². The van der Waals surface area contributed by atoms with Crippen LogP contribution in [0.25, 0.3) is 0 Å². The van der Waals surface area contributed by atoms with E-state index in [2.05, 4.69) is 21.9 Å². The maximum Gasteiger partial charge on any atom is 0.257 e. The van der Waals surface area contributed by atoms with Crippen LogP contribution >= 0.6 is 0 Å². The average Bonchev–Trinajstić information content (AvgIpc) is 3.15. The highest BCUT2D eigenvalue weighted by molar-refractivity contribution is 5.95. The van der Waals surface area contributed by atoms with Crippen molar-refractivity contribution in [2.24, 2.45) is 11.8 Å². The zero-order chi connectivity index (χ0) is 18.7. The molecule has 0 aromatic carbocycles. The third kappa shape index (κ3) is 4.10. The molecule has 146 valence electrons. The molecule has 0 bridgehead atoms. The lowest BCUT2D eigenvalue weighted by atomic mass is 9.96. The predicted molar refractivity (Wildman–Crippen MR) is 101 cm³/mol. The van der Waals surface area contributed by atoms with Crippen LogP contribution in [0.5, 0.6) is 0 Å². The zero-order valence-corrected chi connectivity index (χ0v) is 16.4. The van der Waals surface area contributed by atoms with Gasteiger partial charge in [0.05, 0.1) is 11.8 Å². The van der Waals surface area contributed by atoms with Gasteiger partial charge in [-0.3, -0.25) is 9.48 Å². The summed E-state index contributed by atoms with van der Waals surface area (Å²) in [5, 5.41) is 14.2. The van der Waals surface area contributed by atoms with Gasteiger partial charge < -0.3 is 19.8 Å². The first-order chi connectivity index (χ1) is 12.5. The Labute approximate surface area is 156 Å². The van der Waals surface area contributed by atoms with Crippen LogP contribution in [0.15, 0.2) is 6.20 Å². The van der Waals surface area contributed by atoms with Gasteiger partial charge >= 0.3 is 0 Å². The number of aliphatic hydroxyl groups is 1. The molecule has 0 unspecified atom stereocenters. The van der Waals surface area contributed by atoms with E-state index >= 15 is 0 Å². The number of amides is 1. The number of aromatic nitrogens is 2. The number of hydrogen-bond acceptors (Lipinski definition) is 5. The molecule has 1 aromatic rings. The number of aryl methyl sites for hydroxylation is 1. The van der Waals surface area contributed by atoms with Crippen LogP contribution < -0.4 is 0 Å². The molecule has 2 saturated heterocycles. The molecule has 7 nitrogen and oxygen atoms in total. The van der Waals surface area contributed by atoms with Crippen molar-refractivity contribution < 1.29 is 9.90 Å². The molecule has 0 saturated carbocycles. The molecular weight excluding hydrogens is 330 g/mol. The lowest BCUT2D eigenvalue weighted by molar-refractivity contribution is 0.0778. The van der Waals surface area contributed by atoms with Gasteiger partial charge in [0.15, 0.2) is 0 Å². The van der Waals surface area contributed by atoms with Crippen molar-refractivity contribution in [2.75, 3.05) is 59.5 Å². The molecule has 0 aliphatic carbocycles. The van der Waals surface area contributed by atoms with E-state index in [1.54, 1.807) is 6.20 Å². The van der Waals surface area contributed by atoms with E-state index in [0.717, 1.165) is 51.5 Å². The quantitative estimate of drug-likeness (QED) is 0.827. The molecule has 7 heteroatoms. The highest BCUT2D eigenvalue weighted by Crippen LogP contribution is 2.26. The summed E-state index contributed by atoms with van der Waals surface area (Å²) in [5.74, 6) is 0.564. The Bertz CT molecular complexity index is 617. The number of likely N-dealkylation sites (N-methyl/N-ethyl adjacent to an activating group) is 1. The van der Waals surface area contributed by atoms with E-state index in [9.17, 15) is 9.90 Å². The average molecular weight is 364 g/mol. The van der Waals surface area contributed by atoms with Gasteiger partial charge in [0.1, 0.15) is 0 Å². The Kier molecular flexibility index (Phi) is 6.32. The molecule has 2 aliphatic rings. The molecular formula is C19H33N5O2. The van der Waals surface area contributed by atoms with E-state index < -0.39 is 0 Å². The second-order valence-electron chi connectivity index (χ2n) is 7.83. The van der Waals surface area contributed by atoms with Crippen LogP contribution in [-0.2, 0) is 6.54 Å². The standard InChI is InChI=1S/C19H33N5O2/c1-4-24-15(2)18(10-20-24)19(26)23-12-16(17(13-23)14-25)11-22-7-5-6-21(3)8-9-22/h10,16-17,25H,4-9,11-14H2,1-3H3/t16-,17-/m1/s1. The fraction of sp³-hybridized carbons (Fsp3) is 0.789. The van der Waals surface area contributed by atoms with Crippen LogP contribution in [0.2, 0.25) is 0 Å². The summed E-state index contributed by atoms with van der Waals surface area (Å²) < 4.78 is 1.86. The van der Waals surface area contributed by atoms with Crippen molar-refractivity contribution in [3.05, 3.63) is 17.5 Å². The Morgan fingerprint density at radius 3 is 2.69 bits per heavy atom. The van der Waals surface area contributed by atoms with Crippen LogP contribution in [0.4, 0.5) is 0 Å². The fourth-order valence-electron chi connectivity index (χ4n) is 4.28. The van der Waals surface area contributed by atoms with Gasteiger partial charge in [0, 0.05) is 57.5 Å². The van der Waals surface area contributed by atoms with Crippen LogP contribution in [0.3, 0.4) is 0 Å². The molecule has 26 heavy (non-hydrogen) atoms. The molecule has 2 aliphatic heterocycles. The highest BCUT2D eigenvalue weighted by atomic mass is 16.3. The number of hydrogen-bond donors (Lipinski definition) is 1. The lowest BCUT2D eigenvalue weighted by Crippen LogP contribution is -2.36. The van der Waals surface area contributed by atoms with Gasteiger partial charge in [-0.2, -0.15) is 5.10 Å². The van der Waals surface area contributed by atoms with Gasteiger partial charge in [-0.15, -0.1) is 0 Å². The molecule has 1 N–H and O–H groups in total. The Hall–Kier alpha value is -1.44. The summed E-state index contributed by atoms with van der Waals surface area (Å²) in [7, 11) is 2.18. The van der Waals surface area contributed by atoms with Crippen molar-refractivity contribution in [1.29, 1.82) is 0 Å². The number of carbonyl (C=O) groups is 1. The number of carbonyl (C=O) groups excluding carboxylic acids is 1. The van der Waals surface area contributed by atoms with E-state index in [-0.39, 0.29) is 18.4 Å². The molecule has 0 radical (unpaired) electrons. The summed E-state index contributed by atoms with van der Waals surface area (Å²) in [4.78, 5) is 19.8. The first kappa shape index (κ1) is 19.3. The third-order valence-corrected chi connectivity index (χ3v) is 6.04. The Morgan fingerprint density at radius 1 is 1.23 bits per heavy atom. The van der Waals surface area contributed by atoms with Crippen molar-refractivity contribution in [1.82, 2.24) is 24.5 Å². The first-order valence-corrected chi connectivity index (χ1v) is 9.86. The van der Waals surface area contributed by atoms with Gasteiger partial charge in [-0.25, -0.2) is 0 Å². The molecule has 1 aromatic heterocycles. The normalized spacial score (nSPS) is 25.6. The fourth-order valence-corrected chi connectivity index (χ4v) is 4.28. The first-order valence-electron chi connectivity index (χ1n) is 9.86. The van der Waals surface area contributed by atoms with Crippen molar-refractivity contribution >= 4 is 5.91 Å². The van der Waals surface area contributed by atoms with E-state index in [1.807, 2.05) is 23.4 Å². The van der Waals surface area contributed by atoms with Crippen LogP contribution in [0.1, 0.15) is 29.4 Å². The summed E-state index contributed by atoms with van der Waals surface area (Å²) in [5.41, 5.74) is 1.62. The van der Waals surface area contributed by atoms with Crippen molar-refractivity contribution in [2.45, 2.75) is 26.8 Å². The molecule has 3 rings (SSSR count). The summed E-state index contributed by atoms with van der Waals surface area (Å²) in [6, 6.07) is 0. The SMILES string of the molecule is CCn1ncc(C(=O)N2C[C@@H](CN3CCCN(C)CC3)[C@@H](CO)C2)c1C. The summed E-state index contributed by atoms with van der Waals surface area (Å²) in [6.07, 6.45) is 2.87. The number of nitrogens with zero attached hydrogens (tertiary/aromatic N) is 5.